The van der Waals surface area contributed by atoms with E-state index >= 15 is 0 Å². The molecule has 0 aliphatic carbocycles. The monoisotopic (exact) mass is 373 g/mol. The molecule has 2 rings (SSSR count). The van der Waals surface area contributed by atoms with Crippen LogP contribution in [0.4, 0.5) is 0 Å². The highest BCUT2D eigenvalue weighted by Gasteiger charge is 2.21. The molecule has 0 fully saturated rings. The number of halogens is 1. The third-order valence-electron chi connectivity index (χ3n) is 4.78. The van der Waals surface area contributed by atoms with Crippen LogP contribution in [0.2, 0.25) is 5.02 Å². The van der Waals surface area contributed by atoms with Gasteiger partial charge >= 0.3 is 0 Å². The van der Waals surface area contributed by atoms with E-state index in [-0.39, 0.29) is 11.9 Å². The molecular formula is C22H28ClNO2. The molecule has 0 spiro atoms. The van der Waals surface area contributed by atoms with Gasteiger partial charge in [0.15, 0.2) is 6.10 Å². The molecule has 0 bridgehead atoms. The number of amides is 1. The second-order valence-corrected chi connectivity index (χ2v) is 7.36. The zero-order chi connectivity index (χ0) is 19.4. The van der Waals surface area contributed by atoms with Gasteiger partial charge in [0.2, 0.25) is 0 Å². The highest BCUT2D eigenvalue weighted by atomic mass is 35.5. The standard InChI is InChI=1S/C22H28ClNO2/c1-7-21(26-18-8-9-20(23)16(5)11-18)22(25)24-17(6)19-12-14(3)13(2)10-15(19)4/h8-12,17,21H,7H2,1-6H3,(H,24,25). The van der Waals surface area contributed by atoms with Crippen LogP contribution in [0.15, 0.2) is 30.3 Å². The number of rotatable bonds is 6. The first-order chi connectivity index (χ1) is 12.2. The van der Waals surface area contributed by atoms with Crippen LogP contribution in [0.3, 0.4) is 0 Å². The van der Waals surface area contributed by atoms with Crippen molar-refractivity contribution >= 4 is 17.5 Å². The number of carbonyl (C=O) groups is 1. The van der Waals surface area contributed by atoms with Gasteiger partial charge in [0.1, 0.15) is 5.75 Å². The van der Waals surface area contributed by atoms with Crippen molar-refractivity contribution in [2.24, 2.45) is 0 Å². The van der Waals surface area contributed by atoms with E-state index in [9.17, 15) is 4.79 Å². The van der Waals surface area contributed by atoms with E-state index in [1.165, 1.54) is 16.7 Å². The number of carbonyl (C=O) groups excluding carboxylic acids is 1. The zero-order valence-corrected chi connectivity index (χ0v) is 17.2. The van der Waals surface area contributed by atoms with Gasteiger partial charge in [-0.2, -0.15) is 0 Å². The molecule has 0 saturated heterocycles. The smallest absolute Gasteiger partial charge is 0.261 e. The summed E-state index contributed by atoms with van der Waals surface area (Å²) in [6.45, 7) is 12.1. The maximum Gasteiger partial charge on any atom is 0.261 e. The van der Waals surface area contributed by atoms with Crippen molar-refractivity contribution in [1.29, 1.82) is 0 Å². The van der Waals surface area contributed by atoms with E-state index in [4.69, 9.17) is 16.3 Å². The number of aryl methyl sites for hydroxylation is 4. The van der Waals surface area contributed by atoms with Crippen LogP contribution in [-0.4, -0.2) is 12.0 Å². The van der Waals surface area contributed by atoms with Crippen LogP contribution < -0.4 is 10.1 Å². The molecule has 2 aromatic carbocycles. The van der Waals surface area contributed by atoms with Crippen molar-refractivity contribution in [1.82, 2.24) is 5.32 Å². The van der Waals surface area contributed by atoms with Gasteiger partial charge in [-0.15, -0.1) is 0 Å². The fourth-order valence-corrected chi connectivity index (χ4v) is 3.13. The van der Waals surface area contributed by atoms with Gasteiger partial charge in [0, 0.05) is 5.02 Å². The first-order valence-electron chi connectivity index (χ1n) is 9.03. The number of hydrogen-bond acceptors (Lipinski definition) is 2. The number of benzene rings is 2. The van der Waals surface area contributed by atoms with Gasteiger partial charge in [-0.1, -0.05) is 30.7 Å². The Morgan fingerprint density at radius 2 is 1.69 bits per heavy atom. The summed E-state index contributed by atoms with van der Waals surface area (Å²) >= 11 is 6.05. The second kappa shape index (κ2) is 8.59. The van der Waals surface area contributed by atoms with Crippen LogP contribution in [-0.2, 0) is 4.79 Å². The molecule has 26 heavy (non-hydrogen) atoms. The van der Waals surface area contributed by atoms with Crippen molar-refractivity contribution in [3.63, 3.8) is 0 Å². The molecule has 2 atom stereocenters. The molecule has 0 saturated carbocycles. The maximum absolute atomic E-state index is 12.7. The lowest BCUT2D eigenvalue weighted by Gasteiger charge is -2.22. The van der Waals surface area contributed by atoms with Gasteiger partial charge in [0.05, 0.1) is 6.04 Å². The van der Waals surface area contributed by atoms with E-state index in [0.29, 0.717) is 17.2 Å². The molecule has 0 aliphatic rings. The average Bonchev–Trinajstić information content (AvgIpc) is 2.58. The third-order valence-corrected chi connectivity index (χ3v) is 5.20. The Labute approximate surface area is 161 Å². The molecule has 0 radical (unpaired) electrons. The minimum Gasteiger partial charge on any atom is -0.481 e. The highest BCUT2D eigenvalue weighted by Crippen LogP contribution is 2.24. The van der Waals surface area contributed by atoms with E-state index in [1.54, 1.807) is 12.1 Å². The summed E-state index contributed by atoms with van der Waals surface area (Å²) in [5, 5.41) is 3.78. The maximum atomic E-state index is 12.7. The number of ether oxygens (including phenoxy) is 1. The second-order valence-electron chi connectivity index (χ2n) is 6.95. The van der Waals surface area contributed by atoms with Crippen molar-refractivity contribution in [2.45, 2.75) is 60.1 Å². The molecule has 2 unspecified atom stereocenters. The van der Waals surface area contributed by atoms with Crippen LogP contribution in [0.5, 0.6) is 5.75 Å². The molecule has 1 N–H and O–H groups in total. The molecular weight excluding hydrogens is 346 g/mol. The van der Waals surface area contributed by atoms with Crippen molar-refractivity contribution in [3.8, 4) is 5.75 Å². The minimum atomic E-state index is -0.537. The summed E-state index contributed by atoms with van der Waals surface area (Å²) in [6.07, 6.45) is 0.0523. The van der Waals surface area contributed by atoms with Crippen molar-refractivity contribution in [2.75, 3.05) is 0 Å². The Hall–Kier alpha value is -2.00. The Kier molecular flexibility index (Phi) is 6.71. The molecule has 4 heteroatoms. The Morgan fingerprint density at radius 3 is 2.31 bits per heavy atom. The third kappa shape index (κ3) is 4.79. The highest BCUT2D eigenvalue weighted by molar-refractivity contribution is 6.31. The largest absolute Gasteiger partial charge is 0.481 e. The summed E-state index contributed by atoms with van der Waals surface area (Å²) in [4.78, 5) is 12.7. The van der Waals surface area contributed by atoms with Crippen LogP contribution in [0.25, 0.3) is 0 Å². The van der Waals surface area contributed by atoms with Crippen LogP contribution >= 0.6 is 11.6 Å². The van der Waals surface area contributed by atoms with E-state index < -0.39 is 6.10 Å². The quantitative estimate of drug-likeness (QED) is 0.714. The predicted octanol–water partition coefficient (Wildman–Crippen LogP) is 5.61. The van der Waals surface area contributed by atoms with Gasteiger partial charge in [-0.25, -0.2) is 0 Å². The molecule has 2 aromatic rings. The SMILES string of the molecule is CCC(Oc1ccc(Cl)c(C)c1)C(=O)NC(C)c1cc(C)c(C)cc1C. The van der Waals surface area contributed by atoms with Gasteiger partial charge < -0.3 is 10.1 Å². The lowest BCUT2D eigenvalue weighted by Crippen LogP contribution is -2.39. The lowest BCUT2D eigenvalue weighted by molar-refractivity contribution is -0.128. The van der Waals surface area contributed by atoms with E-state index in [2.05, 4.69) is 38.2 Å². The first-order valence-corrected chi connectivity index (χ1v) is 9.41. The molecule has 0 heterocycles. The lowest BCUT2D eigenvalue weighted by atomic mass is 9.96. The fourth-order valence-electron chi connectivity index (χ4n) is 3.01. The topological polar surface area (TPSA) is 38.3 Å². The van der Waals surface area contributed by atoms with Gasteiger partial charge in [-0.3, -0.25) is 4.79 Å². The summed E-state index contributed by atoms with van der Waals surface area (Å²) in [5.41, 5.74) is 5.74. The Balaban J connectivity index is 2.10. The van der Waals surface area contributed by atoms with E-state index in [1.807, 2.05) is 26.8 Å². The van der Waals surface area contributed by atoms with Gasteiger partial charge in [0.25, 0.3) is 5.91 Å². The Morgan fingerprint density at radius 1 is 1.04 bits per heavy atom. The normalized spacial score (nSPS) is 13.2. The first kappa shape index (κ1) is 20.3. The number of nitrogens with one attached hydrogen (secondary N) is 1. The zero-order valence-electron chi connectivity index (χ0n) is 16.4. The molecule has 140 valence electrons. The minimum absolute atomic E-state index is 0.0774. The summed E-state index contributed by atoms with van der Waals surface area (Å²) in [7, 11) is 0. The fraction of sp³-hybridized carbons (Fsp3) is 0.409. The summed E-state index contributed by atoms with van der Waals surface area (Å²) in [5.74, 6) is 0.550. The molecule has 0 aromatic heterocycles. The predicted molar refractivity (Wildman–Crippen MR) is 108 cm³/mol. The van der Waals surface area contributed by atoms with E-state index in [0.717, 1.165) is 11.1 Å². The van der Waals surface area contributed by atoms with Crippen molar-refractivity contribution in [3.05, 3.63) is 63.2 Å². The molecule has 1 amide bonds. The summed E-state index contributed by atoms with van der Waals surface area (Å²) < 4.78 is 5.90. The molecule has 3 nitrogen and oxygen atoms in total. The number of hydrogen-bond donors (Lipinski definition) is 1. The van der Waals surface area contributed by atoms with Gasteiger partial charge in [-0.05, 0) is 87.1 Å². The van der Waals surface area contributed by atoms with Crippen molar-refractivity contribution < 1.29 is 9.53 Å². The summed E-state index contributed by atoms with van der Waals surface area (Å²) in [6, 6.07) is 9.68. The van der Waals surface area contributed by atoms with Crippen LogP contribution in [0.1, 0.15) is 54.1 Å². The average molecular weight is 374 g/mol. The Bertz CT molecular complexity index is 801. The van der Waals surface area contributed by atoms with Crippen LogP contribution in [0, 0.1) is 27.7 Å². The molecule has 0 aliphatic heterocycles.